The lowest BCUT2D eigenvalue weighted by Gasteiger charge is -2.13. The van der Waals surface area contributed by atoms with Crippen LogP contribution >= 0.6 is 15.9 Å². The van der Waals surface area contributed by atoms with Gasteiger partial charge in [-0.1, -0.05) is 76.6 Å². The number of nitrogens with zero attached hydrogens (tertiary/aromatic N) is 1. The Bertz CT molecular complexity index is 1430. The molecule has 3 aromatic carbocycles. The van der Waals surface area contributed by atoms with Crippen molar-refractivity contribution in [1.82, 2.24) is 15.3 Å². The van der Waals surface area contributed by atoms with E-state index < -0.39 is 6.10 Å². The summed E-state index contributed by atoms with van der Waals surface area (Å²) in [6.45, 7) is 0.0999. The highest BCUT2D eigenvalue weighted by molar-refractivity contribution is 9.10. The molecule has 5 rings (SSSR count). The van der Waals surface area contributed by atoms with E-state index in [0.29, 0.717) is 11.4 Å². The lowest BCUT2D eigenvalue weighted by Crippen LogP contribution is -2.29. The molecule has 0 bridgehead atoms. The van der Waals surface area contributed by atoms with E-state index in [9.17, 15) is 9.90 Å². The minimum Gasteiger partial charge on any atom is -0.387 e. The number of pyridine rings is 1. The third kappa shape index (κ3) is 3.90. The summed E-state index contributed by atoms with van der Waals surface area (Å²) in [5.41, 5.74) is 4.52. The lowest BCUT2D eigenvalue weighted by atomic mass is 10.1. The molecule has 5 aromatic rings. The van der Waals surface area contributed by atoms with Crippen molar-refractivity contribution >= 4 is 43.6 Å². The highest BCUT2D eigenvalue weighted by Gasteiger charge is 2.18. The van der Waals surface area contributed by atoms with Gasteiger partial charge in [0.15, 0.2) is 0 Å². The number of halogens is 1. The van der Waals surface area contributed by atoms with E-state index in [1.165, 1.54) is 0 Å². The Labute approximate surface area is 193 Å². The number of nitrogens with one attached hydrogen (secondary N) is 2. The van der Waals surface area contributed by atoms with Gasteiger partial charge in [0.1, 0.15) is 5.69 Å². The molecule has 6 heteroatoms. The number of carbonyl (C=O) groups excluding carboxylic acids is 1. The molecule has 5 nitrogen and oxygen atoms in total. The molecule has 2 heterocycles. The number of aliphatic hydroxyl groups excluding tert-OH is 1. The summed E-state index contributed by atoms with van der Waals surface area (Å²) >= 11 is 3.52. The molecule has 0 spiro atoms. The van der Waals surface area contributed by atoms with Crippen molar-refractivity contribution in [2.45, 2.75) is 6.10 Å². The third-order valence-corrected chi connectivity index (χ3v) is 5.96. The van der Waals surface area contributed by atoms with Gasteiger partial charge in [-0.25, -0.2) is 4.98 Å². The molecule has 0 saturated carbocycles. The molecule has 0 aliphatic rings. The molecule has 1 amide bonds. The zero-order chi connectivity index (χ0) is 22.1. The summed E-state index contributed by atoms with van der Waals surface area (Å²) in [5, 5.41) is 15.2. The fourth-order valence-corrected chi connectivity index (χ4v) is 4.28. The van der Waals surface area contributed by atoms with Crippen molar-refractivity contribution in [1.29, 1.82) is 0 Å². The highest BCUT2D eigenvalue weighted by atomic mass is 79.9. The van der Waals surface area contributed by atoms with Crippen LogP contribution in [0.3, 0.4) is 0 Å². The number of aliphatic hydroxyl groups is 1. The molecule has 1 unspecified atom stereocenters. The number of benzene rings is 3. The fourth-order valence-electron chi connectivity index (χ4n) is 3.88. The van der Waals surface area contributed by atoms with Crippen LogP contribution in [0.1, 0.15) is 22.2 Å². The summed E-state index contributed by atoms with van der Waals surface area (Å²) in [6, 6.07) is 26.9. The van der Waals surface area contributed by atoms with Gasteiger partial charge >= 0.3 is 0 Å². The first-order valence-corrected chi connectivity index (χ1v) is 11.1. The van der Waals surface area contributed by atoms with Crippen LogP contribution in [0.4, 0.5) is 0 Å². The van der Waals surface area contributed by atoms with E-state index >= 15 is 0 Å². The van der Waals surface area contributed by atoms with Gasteiger partial charge in [0.05, 0.1) is 17.3 Å². The largest absolute Gasteiger partial charge is 0.387 e. The normalized spacial score (nSPS) is 12.2. The second kappa shape index (κ2) is 8.57. The maximum absolute atomic E-state index is 13.0. The Balaban J connectivity index is 1.55. The first kappa shape index (κ1) is 20.4. The number of aromatic nitrogens is 2. The minimum atomic E-state index is -0.790. The molecule has 0 radical (unpaired) electrons. The first-order chi connectivity index (χ1) is 15.6. The molecule has 0 aliphatic heterocycles. The number of amides is 1. The SMILES string of the molecule is O=C(NCC(O)c1ccccc1)c1cc2c([nH]c3ccccc32)c(-c2cccc(Br)c2)n1. The molecule has 1 atom stereocenters. The predicted molar refractivity (Wildman–Crippen MR) is 130 cm³/mol. The van der Waals surface area contributed by atoms with Gasteiger partial charge in [-0.15, -0.1) is 0 Å². The third-order valence-electron chi connectivity index (χ3n) is 5.47. The molecular weight excluding hydrogens is 466 g/mol. The number of fused-ring (bicyclic) bond motifs is 3. The van der Waals surface area contributed by atoms with Crippen molar-refractivity contribution in [3.05, 3.63) is 101 Å². The Morgan fingerprint density at radius 3 is 2.56 bits per heavy atom. The molecule has 0 fully saturated rings. The van der Waals surface area contributed by atoms with E-state index in [2.05, 4.69) is 26.2 Å². The number of carbonyl (C=O) groups is 1. The molecule has 0 saturated heterocycles. The van der Waals surface area contributed by atoms with Crippen LogP contribution in [0.25, 0.3) is 33.1 Å². The van der Waals surface area contributed by atoms with E-state index in [1.807, 2.05) is 78.9 Å². The zero-order valence-corrected chi connectivity index (χ0v) is 18.6. The summed E-state index contributed by atoms with van der Waals surface area (Å²) in [4.78, 5) is 21.2. The van der Waals surface area contributed by atoms with Crippen LogP contribution in [0.15, 0.2) is 89.4 Å². The Morgan fingerprint density at radius 1 is 0.969 bits per heavy atom. The van der Waals surface area contributed by atoms with Gasteiger partial charge in [-0.2, -0.15) is 0 Å². The van der Waals surface area contributed by atoms with Gasteiger partial charge in [0, 0.05) is 32.9 Å². The minimum absolute atomic E-state index is 0.0999. The average Bonchev–Trinajstić information content (AvgIpc) is 3.21. The Hall–Kier alpha value is -3.48. The van der Waals surface area contributed by atoms with Crippen molar-refractivity contribution in [2.24, 2.45) is 0 Å². The number of para-hydroxylation sites is 1. The zero-order valence-electron chi connectivity index (χ0n) is 17.0. The van der Waals surface area contributed by atoms with Crippen molar-refractivity contribution < 1.29 is 9.90 Å². The molecule has 0 aliphatic carbocycles. The molecule has 158 valence electrons. The predicted octanol–water partition coefficient (Wildman–Crippen LogP) is 5.61. The number of aromatic amines is 1. The average molecular weight is 486 g/mol. The molecule has 2 aromatic heterocycles. The van der Waals surface area contributed by atoms with Crippen LogP contribution in [0.5, 0.6) is 0 Å². The Kier molecular flexibility index (Phi) is 5.47. The maximum Gasteiger partial charge on any atom is 0.270 e. The first-order valence-electron chi connectivity index (χ1n) is 10.3. The van der Waals surface area contributed by atoms with Crippen molar-refractivity contribution in [2.75, 3.05) is 6.54 Å². The van der Waals surface area contributed by atoms with Crippen LogP contribution in [-0.2, 0) is 0 Å². The van der Waals surface area contributed by atoms with Crippen LogP contribution in [0, 0.1) is 0 Å². The van der Waals surface area contributed by atoms with Gasteiger partial charge in [0.25, 0.3) is 5.91 Å². The standard InChI is InChI=1S/C26H20BrN3O2/c27-18-10-6-9-17(13-18)24-25-20(19-11-4-5-12-21(19)29-25)14-22(30-24)26(32)28-15-23(31)16-7-2-1-3-8-16/h1-14,23,29,31H,15H2,(H,28,32). The quantitative estimate of drug-likeness (QED) is 0.302. The van der Waals surface area contributed by atoms with Crippen LogP contribution < -0.4 is 5.32 Å². The Morgan fingerprint density at radius 2 is 1.75 bits per heavy atom. The maximum atomic E-state index is 13.0. The van der Waals surface area contributed by atoms with E-state index in [1.54, 1.807) is 6.07 Å². The van der Waals surface area contributed by atoms with E-state index in [0.717, 1.165) is 37.4 Å². The highest BCUT2D eigenvalue weighted by Crippen LogP contribution is 2.33. The number of hydrogen-bond acceptors (Lipinski definition) is 3. The summed E-state index contributed by atoms with van der Waals surface area (Å²) in [5.74, 6) is -0.330. The van der Waals surface area contributed by atoms with E-state index in [-0.39, 0.29) is 12.5 Å². The summed E-state index contributed by atoms with van der Waals surface area (Å²) in [6.07, 6.45) is -0.790. The fraction of sp³-hybridized carbons (Fsp3) is 0.0769. The monoisotopic (exact) mass is 485 g/mol. The second-order valence-corrected chi connectivity index (χ2v) is 8.51. The van der Waals surface area contributed by atoms with Gasteiger partial charge in [0.2, 0.25) is 0 Å². The molecule has 3 N–H and O–H groups in total. The topological polar surface area (TPSA) is 78.0 Å². The van der Waals surface area contributed by atoms with Crippen LogP contribution in [-0.4, -0.2) is 27.5 Å². The summed E-state index contributed by atoms with van der Waals surface area (Å²) in [7, 11) is 0. The molecular formula is C26H20BrN3O2. The van der Waals surface area contributed by atoms with Gasteiger partial charge < -0.3 is 15.4 Å². The van der Waals surface area contributed by atoms with Crippen molar-refractivity contribution in [3.63, 3.8) is 0 Å². The van der Waals surface area contributed by atoms with Gasteiger partial charge in [-0.05, 0) is 29.8 Å². The summed E-state index contributed by atoms with van der Waals surface area (Å²) < 4.78 is 0.932. The number of rotatable bonds is 5. The smallest absolute Gasteiger partial charge is 0.270 e. The number of hydrogen-bond donors (Lipinski definition) is 3. The number of H-pyrrole nitrogens is 1. The second-order valence-electron chi connectivity index (χ2n) is 7.60. The van der Waals surface area contributed by atoms with Crippen LogP contribution in [0.2, 0.25) is 0 Å². The van der Waals surface area contributed by atoms with Crippen molar-refractivity contribution in [3.8, 4) is 11.3 Å². The van der Waals surface area contributed by atoms with Gasteiger partial charge in [-0.3, -0.25) is 4.79 Å². The van der Waals surface area contributed by atoms with E-state index in [4.69, 9.17) is 4.98 Å². The molecule has 32 heavy (non-hydrogen) atoms. The lowest BCUT2D eigenvalue weighted by molar-refractivity contribution is 0.0911.